The number of carbonyl (C=O) groups is 1. The Morgan fingerprint density at radius 1 is 0.967 bits per heavy atom. The van der Waals surface area contributed by atoms with Crippen LogP contribution in [-0.2, 0) is 6.42 Å². The quantitative estimate of drug-likeness (QED) is 0.517. The van der Waals surface area contributed by atoms with Gasteiger partial charge in [0.25, 0.3) is 5.91 Å². The van der Waals surface area contributed by atoms with Gasteiger partial charge in [-0.25, -0.2) is 0 Å². The van der Waals surface area contributed by atoms with Gasteiger partial charge < -0.3 is 15.0 Å². The summed E-state index contributed by atoms with van der Waals surface area (Å²) in [4.78, 5) is 18.9. The zero-order valence-electron chi connectivity index (χ0n) is 16.9. The number of rotatable bonds is 5. The molecule has 1 aliphatic rings. The first kappa shape index (κ1) is 18.6. The van der Waals surface area contributed by atoms with E-state index in [1.165, 1.54) is 0 Å². The van der Waals surface area contributed by atoms with E-state index in [0.29, 0.717) is 6.42 Å². The van der Waals surface area contributed by atoms with Gasteiger partial charge in [-0.15, -0.1) is 0 Å². The number of hydrogen-bond donors (Lipinski definition) is 2. The lowest BCUT2D eigenvalue weighted by Crippen LogP contribution is -2.42. The summed E-state index contributed by atoms with van der Waals surface area (Å²) >= 11 is 0. The third kappa shape index (κ3) is 2.92. The van der Waals surface area contributed by atoms with Gasteiger partial charge in [-0.1, -0.05) is 66.7 Å². The van der Waals surface area contributed by atoms with Crippen LogP contribution in [0, 0.1) is 6.92 Å². The molecule has 4 nitrogen and oxygen atoms in total. The Balaban J connectivity index is 1.67. The highest BCUT2D eigenvalue weighted by Crippen LogP contribution is 2.44. The van der Waals surface area contributed by atoms with Crippen molar-refractivity contribution >= 4 is 16.8 Å². The number of aliphatic hydroxyl groups excluding tert-OH is 1. The Morgan fingerprint density at radius 3 is 2.47 bits per heavy atom. The van der Waals surface area contributed by atoms with Crippen molar-refractivity contribution in [1.29, 1.82) is 0 Å². The van der Waals surface area contributed by atoms with Crippen molar-refractivity contribution in [1.82, 2.24) is 9.88 Å². The van der Waals surface area contributed by atoms with Gasteiger partial charge in [-0.05, 0) is 36.6 Å². The topological polar surface area (TPSA) is 56.3 Å². The second kappa shape index (κ2) is 7.47. The van der Waals surface area contributed by atoms with E-state index in [9.17, 15) is 9.90 Å². The molecular weight excluding hydrogens is 372 g/mol. The molecule has 30 heavy (non-hydrogen) atoms. The number of nitrogens with one attached hydrogen (secondary N) is 1. The SMILES string of the molecule is Cc1[nH]c2ccccc2c1[C@H]1c2ccccc2C(=O)N1[C@H](CO)Cc1ccccc1. The lowest BCUT2D eigenvalue weighted by Gasteiger charge is -2.33. The predicted octanol–water partition coefficient (Wildman–Crippen LogP) is 4.63. The standard InChI is InChI=1S/C26H24N2O2/c1-17-24(22-13-7-8-14-23(22)27-17)25-20-11-5-6-12-21(20)26(30)28(25)19(16-29)15-18-9-3-2-4-10-18/h2-14,19,25,27,29H,15-16H2,1H3/t19-,25+/m0/s1. The molecular formula is C26H24N2O2. The number of para-hydroxylation sites is 1. The Bertz CT molecular complexity index is 1210. The molecule has 2 N–H and O–H groups in total. The molecule has 0 fully saturated rings. The number of nitrogens with zero attached hydrogens (tertiary/aromatic N) is 1. The van der Waals surface area contributed by atoms with E-state index in [-0.39, 0.29) is 24.6 Å². The normalized spacial score (nSPS) is 16.8. The van der Waals surface area contributed by atoms with Crippen molar-refractivity contribution in [2.45, 2.75) is 25.4 Å². The van der Waals surface area contributed by atoms with Gasteiger partial charge in [0.1, 0.15) is 0 Å². The van der Waals surface area contributed by atoms with Gasteiger partial charge in [-0.2, -0.15) is 0 Å². The molecule has 0 saturated carbocycles. The molecule has 1 amide bonds. The van der Waals surface area contributed by atoms with Gasteiger partial charge >= 0.3 is 0 Å². The fraction of sp³-hybridized carbons (Fsp3) is 0.192. The number of fused-ring (bicyclic) bond motifs is 2. The average molecular weight is 396 g/mol. The highest BCUT2D eigenvalue weighted by atomic mass is 16.3. The van der Waals surface area contributed by atoms with Crippen LogP contribution < -0.4 is 0 Å². The summed E-state index contributed by atoms with van der Waals surface area (Å²) in [5.74, 6) is -0.0183. The van der Waals surface area contributed by atoms with Crippen molar-refractivity contribution in [3.05, 3.63) is 107 Å². The van der Waals surface area contributed by atoms with E-state index < -0.39 is 0 Å². The minimum atomic E-state index is -0.314. The predicted molar refractivity (Wildman–Crippen MR) is 119 cm³/mol. The Morgan fingerprint density at radius 2 is 1.67 bits per heavy atom. The molecule has 3 aromatic carbocycles. The van der Waals surface area contributed by atoms with Crippen molar-refractivity contribution in [3.8, 4) is 0 Å². The van der Waals surface area contributed by atoms with Gasteiger partial charge in [0.2, 0.25) is 0 Å². The Hall–Kier alpha value is -3.37. The van der Waals surface area contributed by atoms with Crippen LogP contribution in [-0.4, -0.2) is 33.5 Å². The van der Waals surface area contributed by atoms with E-state index in [0.717, 1.165) is 38.9 Å². The van der Waals surface area contributed by atoms with Gasteiger partial charge in [0.05, 0.1) is 18.7 Å². The molecule has 0 radical (unpaired) electrons. The molecule has 1 aromatic heterocycles. The maximum absolute atomic E-state index is 13.5. The van der Waals surface area contributed by atoms with Gasteiger partial charge in [-0.3, -0.25) is 4.79 Å². The summed E-state index contributed by atoms with van der Waals surface area (Å²) in [7, 11) is 0. The zero-order valence-corrected chi connectivity index (χ0v) is 16.9. The van der Waals surface area contributed by atoms with Crippen LogP contribution in [0.3, 0.4) is 0 Å². The molecule has 150 valence electrons. The minimum Gasteiger partial charge on any atom is -0.394 e. The average Bonchev–Trinajstić information content (AvgIpc) is 3.26. The number of carbonyl (C=O) groups excluding carboxylic acids is 1. The molecule has 2 atom stereocenters. The maximum Gasteiger partial charge on any atom is 0.255 e. The first-order chi connectivity index (χ1) is 14.7. The monoisotopic (exact) mass is 396 g/mol. The summed E-state index contributed by atoms with van der Waals surface area (Å²) in [6.07, 6.45) is 0.606. The first-order valence-corrected chi connectivity index (χ1v) is 10.3. The largest absolute Gasteiger partial charge is 0.394 e. The van der Waals surface area contributed by atoms with Crippen LogP contribution in [0.5, 0.6) is 0 Å². The molecule has 2 heterocycles. The minimum absolute atomic E-state index is 0.0183. The molecule has 0 bridgehead atoms. The Labute approximate surface area is 175 Å². The smallest absolute Gasteiger partial charge is 0.255 e. The first-order valence-electron chi connectivity index (χ1n) is 10.3. The molecule has 4 heteroatoms. The summed E-state index contributed by atoms with van der Waals surface area (Å²) in [5, 5.41) is 11.5. The molecule has 0 unspecified atom stereocenters. The Kier molecular flexibility index (Phi) is 4.64. The summed E-state index contributed by atoms with van der Waals surface area (Å²) in [6, 6.07) is 25.5. The number of aryl methyl sites for hydroxylation is 1. The molecule has 1 aliphatic heterocycles. The zero-order chi connectivity index (χ0) is 20.7. The van der Waals surface area contributed by atoms with E-state index in [4.69, 9.17) is 0 Å². The lowest BCUT2D eigenvalue weighted by molar-refractivity contribution is 0.0566. The van der Waals surface area contributed by atoms with Gasteiger partial charge in [0, 0.05) is 27.7 Å². The van der Waals surface area contributed by atoms with Crippen LogP contribution in [0.4, 0.5) is 0 Å². The third-order valence-corrected chi connectivity index (χ3v) is 6.13. The summed E-state index contributed by atoms with van der Waals surface area (Å²) in [5.41, 5.74) is 6.04. The maximum atomic E-state index is 13.5. The van der Waals surface area contributed by atoms with Crippen molar-refractivity contribution in [3.63, 3.8) is 0 Å². The van der Waals surface area contributed by atoms with E-state index >= 15 is 0 Å². The number of aliphatic hydroxyl groups is 1. The van der Waals surface area contributed by atoms with Crippen LogP contribution in [0.25, 0.3) is 10.9 Å². The van der Waals surface area contributed by atoms with E-state index in [2.05, 4.69) is 24.0 Å². The third-order valence-electron chi connectivity index (χ3n) is 6.13. The highest BCUT2D eigenvalue weighted by Gasteiger charge is 2.42. The molecule has 5 rings (SSSR count). The van der Waals surface area contributed by atoms with Crippen molar-refractivity contribution in [2.75, 3.05) is 6.61 Å². The van der Waals surface area contributed by atoms with Crippen LogP contribution in [0.15, 0.2) is 78.9 Å². The van der Waals surface area contributed by atoms with Crippen LogP contribution >= 0.6 is 0 Å². The summed E-state index contributed by atoms with van der Waals surface area (Å²) < 4.78 is 0. The number of H-pyrrole nitrogens is 1. The lowest BCUT2D eigenvalue weighted by atomic mass is 9.94. The molecule has 4 aromatic rings. The van der Waals surface area contributed by atoms with E-state index in [1.807, 2.05) is 71.6 Å². The van der Waals surface area contributed by atoms with E-state index in [1.54, 1.807) is 0 Å². The second-order valence-corrected chi connectivity index (χ2v) is 7.94. The number of benzene rings is 3. The molecule has 0 spiro atoms. The number of aromatic amines is 1. The van der Waals surface area contributed by atoms with Crippen LogP contribution in [0.1, 0.15) is 38.8 Å². The molecule has 0 aliphatic carbocycles. The summed E-state index contributed by atoms with van der Waals surface area (Å²) in [6.45, 7) is 1.97. The highest BCUT2D eigenvalue weighted by molar-refractivity contribution is 6.01. The van der Waals surface area contributed by atoms with Crippen LogP contribution in [0.2, 0.25) is 0 Å². The molecule has 0 saturated heterocycles. The van der Waals surface area contributed by atoms with Crippen molar-refractivity contribution in [2.24, 2.45) is 0 Å². The van der Waals surface area contributed by atoms with Gasteiger partial charge in [0.15, 0.2) is 0 Å². The number of amides is 1. The number of aromatic nitrogens is 1. The second-order valence-electron chi connectivity index (χ2n) is 7.94. The fourth-order valence-corrected chi connectivity index (χ4v) is 4.80. The number of hydrogen-bond acceptors (Lipinski definition) is 2. The fourth-order valence-electron chi connectivity index (χ4n) is 4.80. The van der Waals surface area contributed by atoms with Crippen molar-refractivity contribution < 1.29 is 9.90 Å².